The van der Waals surface area contributed by atoms with Crippen molar-refractivity contribution in [1.29, 1.82) is 0 Å². The van der Waals surface area contributed by atoms with Crippen LogP contribution >= 0.6 is 27.5 Å². The molecule has 0 amide bonds. The molecule has 0 saturated carbocycles. The van der Waals surface area contributed by atoms with Gasteiger partial charge in [0, 0.05) is 5.56 Å². The highest BCUT2D eigenvalue weighted by Crippen LogP contribution is 2.31. The molecule has 1 aromatic rings. The Kier molecular flexibility index (Phi) is 4.21. The second-order valence-corrected chi connectivity index (χ2v) is 3.72. The van der Waals surface area contributed by atoms with Gasteiger partial charge in [0.05, 0.1) is 10.4 Å². The summed E-state index contributed by atoms with van der Waals surface area (Å²) in [6.45, 7) is 0. The topological polar surface area (TPSA) is 26.3 Å². The summed E-state index contributed by atoms with van der Waals surface area (Å²) in [5, 5.41) is -0.191. The van der Waals surface area contributed by atoms with Crippen LogP contribution in [0.1, 0.15) is 10.4 Å². The molecule has 0 radical (unpaired) electrons. The Labute approximate surface area is 102 Å². The molecule has 0 aliphatic heterocycles. The van der Waals surface area contributed by atoms with Crippen LogP contribution in [0, 0.1) is 0 Å². The predicted molar refractivity (Wildman–Crippen MR) is 56.3 cm³/mol. The second-order valence-electron chi connectivity index (χ2n) is 2.75. The number of Topliss-reactive ketones (excluding diaryl/α,β-unsaturated/α-hetero) is 1. The molecule has 0 fully saturated rings. The first-order valence-corrected chi connectivity index (χ1v) is 5.48. The summed E-state index contributed by atoms with van der Waals surface area (Å²) in [6, 6.07) is 3.47. The first kappa shape index (κ1) is 13.3. The van der Waals surface area contributed by atoms with Gasteiger partial charge in [-0.3, -0.25) is 4.79 Å². The number of ether oxygens (including phenoxy) is 1. The van der Waals surface area contributed by atoms with Crippen LogP contribution in [0.2, 0.25) is 5.02 Å². The largest absolute Gasteiger partial charge is 0.573 e. The van der Waals surface area contributed by atoms with Gasteiger partial charge in [0.25, 0.3) is 0 Å². The number of benzene rings is 1. The molecule has 1 rings (SSSR count). The van der Waals surface area contributed by atoms with Gasteiger partial charge < -0.3 is 4.74 Å². The molecule has 0 unspecified atom stereocenters. The highest BCUT2D eigenvalue weighted by Gasteiger charge is 2.32. The maximum atomic E-state index is 12.0. The Balaban J connectivity index is 3.04. The third kappa shape index (κ3) is 3.68. The van der Waals surface area contributed by atoms with Crippen molar-refractivity contribution in [3.8, 4) is 5.75 Å². The summed E-state index contributed by atoms with van der Waals surface area (Å²) in [6.07, 6.45) is -4.83. The number of carbonyl (C=O) groups excluding carboxylic acids is 1. The van der Waals surface area contributed by atoms with Gasteiger partial charge in [0.1, 0.15) is 5.75 Å². The fourth-order valence-corrected chi connectivity index (χ4v) is 1.44. The molecule has 0 bridgehead atoms. The van der Waals surface area contributed by atoms with Gasteiger partial charge in [-0.2, -0.15) is 0 Å². The van der Waals surface area contributed by atoms with Gasteiger partial charge in [0.15, 0.2) is 5.78 Å². The lowest BCUT2D eigenvalue weighted by Crippen LogP contribution is -2.17. The summed E-state index contributed by atoms with van der Waals surface area (Å²) in [5.74, 6) is -0.940. The molecule has 7 heteroatoms. The second kappa shape index (κ2) is 5.05. The zero-order chi connectivity index (χ0) is 12.3. The molecule has 0 aliphatic rings. The zero-order valence-electron chi connectivity index (χ0n) is 7.65. The summed E-state index contributed by atoms with van der Waals surface area (Å²) in [4.78, 5) is 11.2. The Hall–Kier alpha value is -0.750. The molecule has 88 valence electrons. The van der Waals surface area contributed by atoms with Crippen LogP contribution in [0.5, 0.6) is 5.75 Å². The van der Waals surface area contributed by atoms with Gasteiger partial charge in [-0.05, 0) is 18.2 Å². The van der Waals surface area contributed by atoms with E-state index in [0.29, 0.717) is 0 Å². The molecule has 0 heterocycles. The van der Waals surface area contributed by atoms with Crippen molar-refractivity contribution >= 4 is 33.3 Å². The first-order chi connectivity index (χ1) is 7.33. The van der Waals surface area contributed by atoms with Gasteiger partial charge in [-0.25, -0.2) is 0 Å². The summed E-state index contributed by atoms with van der Waals surface area (Å²) < 4.78 is 39.6. The normalized spacial score (nSPS) is 11.3. The van der Waals surface area contributed by atoms with E-state index in [0.717, 1.165) is 6.07 Å². The van der Waals surface area contributed by atoms with Crippen LogP contribution in [-0.4, -0.2) is 17.5 Å². The van der Waals surface area contributed by atoms with E-state index in [4.69, 9.17) is 11.6 Å². The summed E-state index contributed by atoms with van der Waals surface area (Å²) >= 11 is 8.41. The third-order valence-electron chi connectivity index (χ3n) is 1.60. The molecule has 0 N–H and O–H groups in total. The Bertz CT molecular complexity index is 406. The monoisotopic (exact) mass is 316 g/mol. The minimum Gasteiger partial charge on any atom is -0.404 e. The Morgan fingerprint density at radius 1 is 1.44 bits per heavy atom. The van der Waals surface area contributed by atoms with Crippen molar-refractivity contribution in [3.63, 3.8) is 0 Å². The number of carbonyl (C=O) groups is 1. The van der Waals surface area contributed by atoms with Crippen LogP contribution in [0.15, 0.2) is 18.2 Å². The number of ketones is 1. The van der Waals surface area contributed by atoms with Crippen LogP contribution in [0.25, 0.3) is 0 Å². The van der Waals surface area contributed by atoms with Gasteiger partial charge in [-0.1, -0.05) is 27.5 Å². The van der Waals surface area contributed by atoms with Crippen molar-refractivity contribution in [2.45, 2.75) is 6.36 Å². The number of halogens is 5. The van der Waals surface area contributed by atoms with Crippen molar-refractivity contribution in [1.82, 2.24) is 0 Å². The molecule has 16 heavy (non-hydrogen) atoms. The minimum atomic E-state index is -4.83. The first-order valence-electron chi connectivity index (χ1n) is 3.98. The summed E-state index contributed by atoms with van der Waals surface area (Å²) in [7, 11) is 0. The van der Waals surface area contributed by atoms with Gasteiger partial charge in [0.2, 0.25) is 0 Å². The highest BCUT2D eigenvalue weighted by molar-refractivity contribution is 9.09. The van der Waals surface area contributed by atoms with E-state index in [1.165, 1.54) is 12.1 Å². The van der Waals surface area contributed by atoms with Crippen LogP contribution < -0.4 is 4.74 Å². The van der Waals surface area contributed by atoms with Crippen molar-refractivity contribution in [2.24, 2.45) is 0 Å². The quantitative estimate of drug-likeness (QED) is 0.626. The fraction of sp³-hybridized carbons (Fsp3) is 0.222. The average molecular weight is 317 g/mol. The van der Waals surface area contributed by atoms with E-state index < -0.39 is 12.1 Å². The van der Waals surface area contributed by atoms with Gasteiger partial charge in [-0.15, -0.1) is 13.2 Å². The standard InChI is InChI=1S/C9H5BrClF3O2/c10-4-7(15)5-1-2-6(11)8(3-5)16-9(12,13)14/h1-3H,4H2. The van der Waals surface area contributed by atoms with Crippen LogP contribution in [0.4, 0.5) is 13.2 Å². The van der Waals surface area contributed by atoms with Crippen molar-refractivity contribution in [2.75, 3.05) is 5.33 Å². The Morgan fingerprint density at radius 2 is 2.06 bits per heavy atom. The lowest BCUT2D eigenvalue weighted by Gasteiger charge is -2.11. The van der Waals surface area contributed by atoms with Crippen LogP contribution in [-0.2, 0) is 0 Å². The number of rotatable bonds is 3. The van der Waals surface area contributed by atoms with E-state index in [2.05, 4.69) is 20.7 Å². The number of hydrogen-bond donors (Lipinski definition) is 0. The maximum Gasteiger partial charge on any atom is 0.573 e. The molecular formula is C9H5BrClF3O2. The SMILES string of the molecule is O=C(CBr)c1ccc(Cl)c(OC(F)(F)F)c1. The van der Waals surface area contributed by atoms with E-state index in [9.17, 15) is 18.0 Å². The Morgan fingerprint density at radius 3 is 2.56 bits per heavy atom. The molecule has 0 spiro atoms. The number of hydrogen-bond acceptors (Lipinski definition) is 2. The zero-order valence-corrected chi connectivity index (χ0v) is 9.99. The molecule has 0 aromatic heterocycles. The molecule has 2 nitrogen and oxygen atoms in total. The number of alkyl halides is 4. The third-order valence-corrected chi connectivity index (χ3v) is 2.42. The molecule has 0 saturated heterocycles. The molecule has 0 aliphatic carbocycles. The smallest absolute Gasteiger partial charge is 0.404 e. The maximum absolute atomic E-state index is 12.0. The van der Waals surface area contributed by atoms with Crippen LogP contribution in [0.3, 0.4) is 0 Å². The van der Waals surface area contributed by atoms with E-state index in [1.54, 1.807) is 0 Å². The van der Waals surface area contributed by atoms with E-state index in [1.807, 2.05) is 0 Å². The molecule has 0 atom stereocenters. The minimum absolute atomic E-state index is 0.0140. The van der Waals surface area contributed by atoms with Gasteiger partial charge >= 0.3 is 6.36 Å². The fourth-order valence-electron chi connectivity index (χ4n) is 0.957. The van der Waals surface area contributed by atoms with Crippen molar-refractivity contribution in [3.05, 3.63) is 28.8 Å². The van der Waals surface area contributed by atoms with Crippen molar-refractivity contribution < 1.29 is 22.7 Å². The predicted octanol–water partition coefficient (Wildman–Crippen LogP) is 3.82. The molecular weight excluding hydrogens is 312 g/mol. The highest BCUT2D eigenvalue weighted by atomic mass is 79.9. The summed E-state index contributed by atoms with van der Waals surface area (Å²) in [5.41, 5.74) is 0.0977. The lowest BCUT2D eigenvalue weighted by atomic mass is 10.1. The lowest BCUT2D eigenvalue weighted by molar-refractivity contribution is -0.274. The van der Waals surface area contributed by atoms with E-state index in [-0.39, 0.29) is 21.7 Å². The molecule has 1 aromatic carbocycles. The average Bonchev–Trinajstić information content (AvgIpc) is 2.18. The van der Waals surface area contributed by atoms with E-state index >= 15 is 0 Å².